The van der Waals surface area contributed by atoms with Crippen LogP contribution in [0.1, 0.15) is 11.1 Å². The van der Waals surface area contributed by atoms with Gasteiger partial charge in [0, 0.05) is 5.56 Å². The summed E-state index contributed by atoms with van der Waals surface area (Å²) in [6, 6.07) is 16.4. The first-order chi connectivity index (χ1) is 9.65. The van der Waals surface area contributed by atoms with Crippen LogP contribution in [0, 0.1) is 13.8 Å². The third kappa shape index (κ3) is 2.18. The largest absolute Gasteiger partial charge is 0.396 e. The van der Waals surface area contributed by atoms with Crippen LogP contribution in [0.3, 0.4) is 0 Å². The maximum absolute atomic E-state index is 6.13. The van der Waals surface area contributed by atoms with E-state index in [0.717, 1.165) is 16.9 Å². The predicted octanol–water partition coefficient (Wildman–Crippen LogP) is 3.74. The summed E-state index contributed by atoms with van der Waals surface area (Å²) in [5.41, 5.74) is 12.1. The van der Waals surface area contributed by atoms with E-state index in [0.29, 0.717) is 5.69 Å². The molecule has 0 amide bonds. The Bertz CT molecular complexity index is 756. The Morgan fingerprint density at radius 1 is 1.00 bits per heavy atom. The zero-order valence-electron chi connectivity index (χ0n) is 11.7. The topological polar surface area (TPSA) is 43.8 Å². The number of nitrogen functional groups attached to an aromatic ring is 1. The molecule has 0 spiro atoms. The molecule has 3 heteroatoms. The standard InChI is InChI=1S/C17H17N3/c1-12-6-5-8-14(10-12)17-15(18)11-20(19-17)16-9-4-3-7-13(16)2/h3-11H,18H2,1-2H3. The van der Waals surface area contributed by atoms with Gasteiger partial charge in [0.1, 0.15) is 5.69 Å². The second kappa shape index (κ2) is 4.85. The molecule has 2 N–H and O–H groups in total. The van der Waals surface area contributed by atoms with Crippen LogP contribution in [0.25, 0.3) is 16.9 Å². The maximum atomic E-state index is 6.13. The molecule has 3 nitrogen and oxygen atoms in total. The van der Waals surface area contributed by atoms with Crippen molar-refractivity contribution in [2.24, 2.45) is 0 Å². The molecule has 3 rings (SSSR count). The van der Waals surface area contributed by atoms with E-state index in [9.17, 15) is 0 Å². The van der Waals surface area contributed by atoms with Crippen molar-refractivity contribution in [1.29, 1.82) is 0 Å². The maximum Gasteiger partial charge on any atom is 0.116 e. The fourth-order valence-electron chi connectivity index (χ4n) is 2.35. The van der Waals surface area contributed by atoms with Crippen molar-refractivity contribution in [2.75, 3.05) is 5.73 Å². The van der Waals surface area contributed by atoms with Gasteiger partial charge >= 0.3 is 0 Å². The molecule has 0 unspecified atom stereocenters. The van der Waals surface area contributed by atoms with E-state index >= 15 is 0 Å². The van der Waals surface area contributed by atoms with Gasteiger partial charge in [-0.3, -0.25) is 0 Å². The van der Waals surface area contributed by atoms with Crippen molar-refractivity contribution >= 4 is 5.69 Å². The summed E-state index contributed by atoms with van der Waals surface area (Å²) in [5, 5.41) is 4.64. The van der Waals surface area contributed by atoms with Gasteiger partial charge in [0.15, 0.2) is 0 Å². The number of hydrogen-bond donors (Lipinski definition) is 1. The van der Waals surface area contributed by atoms with E-state index < -0.39 is 0 Å². The summed E-state index contributed by atoms with van der Waals surface area (Å²) in [7, 11) is 0. The first kappa shape index (κ1) is 12.5. The van der Waals surface area contributed by atoms with Crippen molar-refractivity contribution in [3.05, 3.63) is 65.9 Å². The molecule has 0 saturated carbocycles. The third-order valence-corrected chi connectivity index (χ3v) is 3.40. The van der Waals surface area contributed by atoms with E-state index in [-0.39, 0.29) is 0 Å². The van der Waals surface area contributed by atoms with Gasteiger partial charge in [-0.15, -0.1) is 0 Å². The third-order valence-electron chi connectivity index (χ3n) is 3.40. The van der Waals surface area contributed by atoms with Gasteiger partial charge < -0.3 is 5.73 Å². The monoisotopic (exact) mass is 263 g/mol. The normalized spacial score (nSPS) is 10.7. The van der Waals surface area contributed by atoms with Crippen molar-refractivity contribution in [3.8, 4) is 16.9 Å². The Kier molecular flexibility index (Phi) is 3.03. The molecule has 0 radical (unpaired) electrons. The summed E-state index contributed by atoms with van der Waals surface area (Å²) in [5.74, 6) is 0. The van der Waals surface area contributed by atoms with Crippen LogP contribution in [0.15, 0.2) is 54.7 Å². The SMILES string of the molecule is Cc1cccc(-c2nn(-c3ccccc3C)cc2N)c1. The average Bonchev–Trinajstić information content (AvgIpc) is 2.81. The first-order valence-corrected chi connectivity index (χ1v) is 6.63. The number of anilines is 1. The van der Waals surface area contributed by atoms with E-state index in [4.69, 9.17) is 5.73 Å². The predicted molar refractivity (Wildman–Crippen MR) is 82.9 cm³/mol. The highest BCUT2D eigenvalue weighted by atomic mass is 15.3. The van der Waals surface area contributed by atoms with Gasteiger partial charge in [0.2, 0.25) is 0 Å². The first-order valence-electron chi connectivity index (χ1n) is 6.63. The quantitative estimate of drug-likeness (QED) is 0.765. The Morgan fingerprint density at radius 3 is 2.55 bits per heavy atom. The molecule has 1 heterocycles. The van der Waals surface area contributed by atoms with Gasteiger partial charge in [-0.1, -0.05) is 42.0 Å². The molecule has 0 aliphatic heterocycles. The number of aromatic nitrogens is 2. The highest BCUT2D eigenvalue weighted by Gasteiger charge is 2.10. The molecule has 0 saturated heterocycles. The molecule has 100 valence electrons. The lowest BCUT2D eigenvalue weighted by molar-refractivity contribution is 0.876. The summed E-state index contributed by atoms with van der Waals surface area (Å²) in [6.07, 6.45) is 1.88. The van der Waals surface area contributed by atoms with Crippen LogP contribution >= 0.6 is 0 Å². The van der Waals surface area contributed by atoms with Crippen LogP contribution in [0.2, 0.25) is 0 Å². The molecule has 0 bridgehead atoms. The van der Waals surface area contributed by atoms with Crippen LogP contribution in [-0.4, -0.2) is 9.78 Å². The van der Waals surface area contributed by atoms with E-state index in [1.165, 1.54) is 11.1 Å². The highest BCUT2D eigenvalue weighted by molar-refractivity contribution is 5.73. The number of rotatable bonds is 2. The van der Waals surface area contributed by atoms with E-state index in [1.54, 1.807) is 0 Å². The Balaban J connectivity index is 2.10. The molecule has 0 atom stereocenters. The molecule has 2 aromatic carbocycles. The minimum absolute atomic E-state index is 0.693. The Morgan fingerprint density at radius 2 is 1.80 bits per heavy atom. The zero-order valence-corrected chi connectivity index (χ0v) is 11.7. The minimum Gasteiger partial charge on any atom is -0.396 e. The van der Waals surface area contributed by atoms with E-state index in [2.05, 4.69) is 37.1 Å². The van der Waals surface area contributed by atoms with Crippen LogP contribution in [0.4, 0.5) is 5.69 Å². The number of benzene rings is 2. The Labute approximate surface area is 118 Å². The number of hydrogen-bond acceptors (Lipinski definition) is 2. The van der Waals surface area contributed by atoms with Crippen LogP contribution in [-0.2, 0) is 0 Å². The van der Waals surface area contributed by atoms with Crippen molar-refractivity contribution in [2.45, 2.75) is 13.8 Å². The lowest BCUT2D eigenvalue weighted by Gasteiger charge is -2.04. The minimum atomic E-state index is 0.693. The summed E-state index contributed by atoms with van der Waals surface area (Å²) >= 11 is 0. The number of para-hydroxylation sites is 1. The van der Waals surface area contributed by atoms with Gasteiger partial charge in [0.25, 0.3) is 0 Å². The second-order valence-corrected chi connectivity index (χ2v) is 5.03. The lowest BCUT2D eigenvalue weighted by Crippen LogP contribution is -1.97. The molecule has 3 aromatic rings. The molecule has 0 aliphatic rings. The number of aryl methyl sites for hydroxylation is 2. The average molecular weight is 263 g/mol. The number of nitrogens with two attached hydrogens (primary N) is 1. The smallest absolute Gasteiger partial charge is 0.116 e. The second-order valence-electron chi connectivity index (χ2n) is 5.03. The van der Waals surface area contributed by atoms with Crippen LogP contribution in [0.5, 0.6) is 0 Å². The van der Waals surface area contributed by atoms with Crippen molar-refractivity contribution in [3.63, 3.8) is 0 Å². The molecular formula is C17H17N3. The van der Waals surface area contributed by atoms with Gasteiger partial charge in [-0.05, 0) is 31.5 Å². The van der Waals surface area contributed by atoms with E-state index in [1.807, 2.05) is 41.2 Å². The molecule has 1 aromatic heterocycles. The summed E-state index contributed by atoms with van der Waals surface area (Å²) < 4.78 is 1.85. The molecule has 0 fully saturated rings. The van der Waals surface area contributed by atoms with Crippen molar-refractivity contribution in [1.82, 2.24) is 9.78 Å². The highest BCUT2D eigenvalue weighted by Crippen LogP contribution is 2.26. The Hall–Kier alpha value is -2.55. The summed E-state index contributed by atoms with van der Waals surface area (Å²) in [6.45, 7) is 4.14. The molecular weight excluding hydrogens is 246 g/mol. The fraction of sp³-hybridized carbons (Fsp3) is 0.118. The zero-order chi connectivity index (χ0) is 14.1. The summed E-state index contributed by atoms with van der Waals surface area (Å²) in [4.78, 5) is 0. The van der Waals surface area contributed by atoms with Gasteiger partial charge in [-0.2, -0.15) is 5.10 Å². The molecule has 0 aliphatic carbocycles. The van der Waals surface area contributed by atoms with Crippen LogP contribution < -0.4 is 5.73 Å². The van der Waals surface area contributed by atoms with Crippen molar-refractivity contribution < 1.29 is 0 Å². The van der Waals surface area contributed by atoms with Gasteiger partial charge in [-0.25, -0.2) is 4.68 Å². The number of nitrogens with zero attached hydrogens (tertiary/aromatic N) is 2. The lowest BCUT2D eigenvalue weighted by atomic mass is 10.1. The molecule has 20 heavy (non-hydrogen) atoms. The fourth-order valence-corrected chi connectivity index (χ4v) is 2.35. The van der Waals surface area contributed by atoms with Gasteiger partial charge in [0.05, 0.1) is 17.6 Å².